The van der Waals surface area contributed by atoms with E-state index in [-0.39, 0.29) is 12.1 Å². The van der Waals surface area contributed by atoms with Crippen molar-refractivity contribution in [3.8, 4) is 0 Å². The minimum atomic E-state index is -3.67. The van der Waals surface area contributed by atoms with Crippen LogP contribution in [0.25, 0.3) is 0 Å². The van der Waals surface area contributed by atoms with Gasteiger partial charge >= 0.3 is 5.97 Å². The number of methoxy groups -OCH3 is 1. The molecule has 17 heavy (non-hydrogen) atoms. The van der Waals surface area contributed by atoms with Gasteiger partial charge in [-0.15, -0.1) is 0 Å². The zero-order valence-electron chi connectivity index (χ0n) is 10.4. The Labute approximate surface area is 102 Å². The Morgan fingerprint density at radius 1 is 1.53 bits per heavy atom. The maximum atomic E-state index is 11.9. The Hall–Kier alpha value is -0.660. The second kappa shape index (κ2) is 5.79. The van der Waals surface area contributed by atoms with E-state index >= 15 is 0 Å². The van der Waals surface area contributed by atoms with Gasteiger partial charge in [0.05, 0.1) is 7.11 Å². The van der Waals surface area contributed by atoms with Gasteiger partial charge in [-0.25, -0.2) is 13.1 Å². The molecule has 0 aromatic heterocycles. The van der Waals surface area contributed by atoms with E-state index in [9.17, 15) is 13.2 Å². The molecule has 0 aromatic rings. The molecule has 0 saturated carbocycles. The van der Waals surface area contributed by atoms with Crippen LogP contribution in [0.5, 0.6) is 0 Å². The Bertz CT molecular complexity index is 369. The van der Waals surface area contributed by atoms with Crippen LogP contribution < -0.4 is 10.0 Å². The molecule has 0 bridgehead atoms. The van der Waals surface area contributed by atoms with Crippen molar-refractivity contribution in [3.05, 3.63) is 0 Å². The number of ether oxygens (including phenoxy) is 1. The second-order valence-corrected chi connectivity index (χ2v) is 6.35. The van der Waals surface area contributed by atoms with E-state index in [0.29, 0.717) is 0 Å². The van der Waals surface area contributed by atoms with Crippen molar-refractivity contribution in [2.24, 2.45) is 0 Å². The fraction of sp³-hybridized carbons (Fsp3) is 0.900. The third kappa shape index (κ3) is 3.65. The van der Waals surface area contributed by atoms with Crippen LogP contribution >= 0.6 is 0 Å². The van der Waals surface area contributed by atoms with Crippen LogP contribution in [0.1, 0.15) is 26.7 Å². The first-order valence-electron chi connectivity index (χ1n) is 5.71. The number of rotatable bonds is 4. The first kappa shape index (κ1) is 14.4. The summed E-state index contributed by atoms with van der Waals surface area (Å²) >= 11 is 0. The highest BCUT2D eigenvalue weighted by Crippen LogP contribution is 2.11. The van der Waals surface area contributed by atoms with Crippen LogP contribution in [-0.2, 0) is 19.6 Å². The summed E-state index contributed by atoms with van der Waals surface area (Å²) in [7, 11) is -2.49. The van der Waals surface area contributed by atoms with Gasteiger partial charge in [0.1, 0.15) is 0 Å². The van der Waals surface area contributed by atoms with Gasteiger partial charge in [0.2, 0.25) is 10.0 Å². The van der Waals surface area contributed by atoms with Gasteiger partial charge < -0.3 is 10.1 Å². The van der Waals surface area contributed by atoms with Gasteiger partial charge in [-0.05, 0) is 33.2 Å². The first-order valence-corrected chi connectivity index (χ1v) is 7.25. The maximum absolute atomic E-state index is 11.9. The third-order valence-corrected chi connectivity index (χ3v) is 4.83. The van der Waals surface area contributed by atoms with Crippen LogP contribution in [0.2, 0.25) is 0 Å². The molecule has 0 amide bonds. The van der Waals surface area contributed by atoms with Crippen molar-refractivity contribution in [1.82, 2.24) is 10.0 Å². The predicted octanol–water partition coefficient (Wildman–Crippen LogP) is -0.392. The molecule has 1 fully saturated rings. The molecule has 7 heteroatoms. The molecule has 3 unspecified atom stereocenters. The quantitative estimate of drug-likeness (QED) is 0.675. The van der Waals surface area contributed by atoms with Gasteiger partial charge in [-0.3, -0.25) is 4.79 Å². The second-order valence-electron chi connectivity index (χ2n) is 4.32. The molecular weight excluding hydrogens is 244 g/mol. The van der Waals surface area contributed by atoms with Crippen LogP contribution in [0, 0.1) is 0 Å². The van der Waals surface area contributed by atoms with E-state index in [1.165, 1.54) is 14.0 Å². The highest BCUT2D eigenvalue weighted by atomic mass is 32.2. The summed E-state index contributed by atoms with van der Waals surface area (Å²) in [6.45, 7) is 4.15. The lowest BCUT2D eigenvalue weighted by molar-refractivity contribution is -0.139. The van der Waals surface area contributed by atoms with Crippen molar-refractivity contribution < 1.29 is 17.9 Å². The summed E-state index contributed by atoms with van der Waals surface area (Å²) in [5.74, 6) is -0.742. The van der Waals surface area contributed by atoms with Crippen molar-refractivity contribution in [2.75, 3.05) is 13.7 Å². The van der Waals surface area contributed by atoms with Gasteiger partial charge in [0.15, 0.2) is 5.25 Å². The van der Waals surface area contributed by atoms with E-state index in [1.807, 2.05) is 6.92 Å². The van der Waals surface area contributed by atoms with E-state index in [1.54, 1.807) is 0 Å². The lowest BCUT2D eigenvalue weighted by Crippen LogP contribution is -2.54. The van der Waals surface area contributed by atoms with Crippen molar-refractivity contribution >= 4 is 16.0 Å². The average molecular weight is 264 g/mol. The monoisotopic (exact) mass is 264 g/mol. The molecule has 6 nitrogen and oxygen atoms in total. The normalized spacial score (nSPS) is 27.5. The summed E-state index contributed by atoms with van der Waals surface area (Å²) in [6, 6.07) is -0.0933. The molecule has 0 aromatic carbocycles. The van der Waals surface area contributed by atoms with E-state index in [0.717, 1.165) is 19.4 Å². The SMILES string of the molecule is COC(=O)C(C)S(=O)(=O)NC1CCCNC1C. The summed E-state index contributed by atoms with van der Waals surface area (Å²) in [6.07, 6.45) is 1.70. The molecule has 1 aliphatic heterocycles. The fourth-order valence-electron chi connectivity index (χ4n) is 1.81. The van der Waals surface area contributed by atoms with Gasteiger partial charge in [-0.1, -0.05) is 0 Å². The first-order chi connectivity index (χ1) is 7.88. The summed E-state index contributed by atoms with van der Waals surface area (Å²) in [5, 5.41) is 2.01. The van der Waals surface area contributed by atoms with Crippen LogP contribution in [-0.4, -0.2) is 45.4 Å². The van der Waals surface area contributed by atoms with Gasteiger partial charge in [0, 0.05) is 12.1 Å². The third-order valence-electron chi connectivity index (χ3n) is 3.08. The van der Waals surface area contributed by atoms with Gasteiger partial charge in [0.25, 0.3) is 0 Å². The standard InChI is InChI=1S/C10H20N2O4S/c1-7-9(5-4-6-11-7)12-17(14,15)8(2)10(13)16-3/h7-9,11-12H,4-6H2,1-3H3. The van der Waals surface area contributed by atoms with Crippen LogP contribution in [0.3, 0.4) is 0 Å². The molecule has 1 aliphatic rings. The number of carbonyl (C=O) groups is 1. The lowest BCUT2D eigenvalue weighted by atomic mass is 10.0. The molecule has 3 atom stereocenters. The highest BCUT2D eigenvalue weighted by Gasteiger charge is 2.33. The molecule has 0 spiro atoms. The van der Waals surface area contributed by atoms with Crippen molar-refractivity contribution in [1.29, 1.82) is 0 Å². The number of nitrogens with one attached hydrogen (secondary N) is 2. The smallest absolute Gasteiger partial charge is 0.325 e. The Balaban J connectivity index is 2.68. The zero-order valence-corrected chi connectivity index (χ0v) is 11.2. The van der Waals surface area contributed by atoms with E-state index in [4.69, 9.17) is 0 Å². The summed E-state index contributed by atoms with van der Waals surface area (Å²) in [5.41, 5.74) is 0. The van der Waals surface area contributed by atoms with E-state index < -0.39 is 21.2 Å². The van der Waals surface area contributed by atoms with Crippen molar-refractivity contribution in [2.45, 2.75) is 44.0 Å². The summed E-state index contributed by atoms with van der Waals surface area (Å²) < 4.78 is 30.8. The largest absolute Gasteiger partial charge is 0.468 e. The van der Waals surface area contributed by atoms with Gasteiger partial charge in [-0.2, -0.15) is 0 Å². The minimum absolute atomic E-state index is 0.0726. The molecular formula is C10H20N2O4S. The Kier molecular flexibility index (Phi) is 4.91. The number of esters is 1. The number of carbonyl (C=O) groups excluding carboxylic acids is 1. The van der Waals surface area contributed by atoms with Crippen molar-refractivity contribution in [3.63, 3.8) is 0 Å². The van der Waals surface area contributed by atoms with E-state index in [2.05, 4.69) is 14.8 Å². The molecule has 2 N–H and O–H groups in total. The van der Waals surface area contributed by atoms with Crippen LogP contribution in [0.15, 0.2) is 0 Å². The zero-order chi connectivity index (χ0) is 13.1. The number of piperidine rings is 1. The Morgan fingerprint density at radius 2 is 2.18 bits per heavy atom. The maximum Gasteiger partial charge on any atom is 0.325 e. The number of hydrogen-bond donors (Lipinski definition) is 2. The minimum Gasteiger partial charge on any atom is -0.468 e. The number of hydrogen-bond acceptors (Lipinski definition) is 5. The predicted molar refractivity (Wildman–Crippen MR) is 64.0 cm³/mol. The molecule has 0 radical (unpaired) electrons. The number of sulfonamides is 1. The molecule has 1 rings (SSSR count). The van der Waals surface area contributed by atoms with Crippen LogP contribution in [0.4, 0.5) is 0 Å². The average Bonchev–Trinajstić information content (AvgIpc) is 2.30. The fourth-order valence-corrected chi connectivity index (χ4v) is 3.11. The molecule has 1 heterocycles. The topological polar surface area (TPSA) is 84.5 Å². The Morgan fingerprint density at radius 3 is 2.71 bits per heavy atom. The summed E-state index contributed by atoms with van der Waals surface area (Å²) in [4.78, 5) is 11.2. The molecule has 100 valence electrons. The lowest BCUT2D eigenvalue weighted by Gasteiger charge is -2.31. The molecule has 1 saturated heterocycles. The molecule has 0 aliphatic carbocycles. The highest BCUT2D eigenvalue weighted by molar-refractivity contribution is 7.90.